The second-order valence-corrected chi connectivity index (χ2v) is 11.0. The Kier molecular flexibility index (Phi) is 8.20. The van der Waals surface area contributed by atoms with E-state index < -0.39 is 53.5 Å². The highest BCUT2D eigenvalue weighted by Gasteiger charge is 2.49. The van der Waals surface area contributed by atoms with E-state index in [1.165, 1.54) is 31.4 Å². The zero-order valence-electron chi connectivity index (χ0n) is 24.1. The molecule has 6 rings (SSSR count). The summed E-state index contributed by atoms with van der Waals surface area (Å²) in [5, 5.41) is 0.492. The molecule has 2 aromatic carbocycles. The Morgan fingerprint density at radius 3 is 2.71 bits per heavy atom. The van der Waals surface area contributed by atoms with Crippen molar-refractivity contribution in [1.82, 2.24) is 19.9 Å². The lowest BCUT2D eigenvalue weighted by molar-refractivity contribution is -0.153. The van der Waals surface area contributed by atoms with E-state index in [9.17, 15) is 22.0 Å². The van der Waals surface area contributed by atoms with Crippen molar-refractivity contribution in [3.05, 3.63) is 54.2 Å². The minimum Gasteiger partial charge on any atom is -0.468 e. The zero-order valence-corrected chi connectivity index (χ0v) is 24.1. The van der Waals surface area contributed by atoms with Gasteiger partial charge in [0.05, 0.1) is 10.9 Å². The normalized spacial score (nSPS) is 20.1. The van der Waals surface area contributed by atoms with E-state index in [0.29, 0.717) is 18.4 Å². The van der Waals surface area contributed by atoms with Crippen molar-refractivity contribution < 1.29 is 45.3 Å². The van der Waals surface area contributed by atoms with Gasteiger partial charge in [-0.15, -0.1) is 0 Å². The maximum absolute atomic E-state index is 16.5. The van der Waals surface area contributed by atoms with E-state index in [2.05, 4.69) is 21.5 Å². The second kappa shape index (κ2) is 12.0. The number of ether oxygens (including phenoxy) is 4. The molecule has 2 saturated heterocycles. The first kappa shape index (κ1) is 30.8. The predicted octanol–water partition coefficient (Wildman–Crippen LogP) is 6.65. The van der Waals surface area contributed by atoms with Crippen molar-refractivity contribution in [1.29, 1.82) is 0 Å². The van der Waals surface area contributed by atoms with Crippen LogP contribution in [0, 0.1) is 11.6 Å². The number of hydrogen-bond acceptors (Lipinski definition) is 8. The van der Waals surface area contributed by atoms with Crippen molar-refractivity contribution in [3.63, 3.8) is 0 Å². The molecule has 238 valence electrons. The average molecular weight is 635 g/mol. The summed E-state index contributed by atoms with van der Waals surface area (Å²) in [5.41, 5.74) is -1.19. The first-order valence-corrected chi connectivity index (χ1v) is 14.1. The number of nitrogens with zero attached hydrogens (tertiary/aromatic N) is 4. The van der Waals surface area contributed by atoms with Crippen molar-refractivity contribution in [2.24, 2.45) is 0 Å². The largest absolute Gasteiger partial charge is 0.468 e. The van der Waals surface area contributed by atoms with Gasteiger partial charge in [-0.25, -0.2) is 13.2 Å². The topological polar surface area (TPSA) is 78.8 Å². The highest BCUT2D eigenvalue weighted by atomic mass is 19.4. The molecule has 0 aliphatic carbocycles. The lowest BCUT2D eigenvalue weighted by Gasteiger charge is -2.30. The van der Waals surface area contributed by atoms with Gasteiger partial charge in [0.2, 0.25) is 5.88 Å². The van der Waals surface area contributed by atoms with Gasteiger partial charge in [0.1, 0.15) is 35.6 Å². The van der Waals surface area contributed by atoms with E-state index in [-0.39, 0.29) is 59.7 Å². The molecule has 0 unspecified atom stereocenters. The standard InChI is InChI=1S/C31H28F6N4O4/c1-3-20-23(33)6-5-17-9-19(45-16-42-2)10-21(24(17)20)26-25(34)27-22(12-38-26)28(43-15-31(35,36)37)40-29(39-27)44-14-30-7-4-8-41(30)13-18(32)11-30/h3,5-6,9-10,12,18H,1,4,7-8,11,13-16H2,2H3/t18-,30+/m1/s1. The molecule has 0 amide bonds. The van der Waals surface area contributed by atoms with E-state index in [0.717, 1.165) is 12.6 Å². The highest BCUT2D eigenvalue weighted by molar-refractivity contribution is 6.03. The summed E-state index contributed by atoms with van der Waals surface area (Å²) in [6.07, 6.45) is -1.72. The van der Waals surface area contributed by atoms with Gasteiger partial charge in [-0.1, -0.05) is 18.7 Å². The Labute approximate surface area is 253 Å². The Hall–Kier alpha value is -4.17. The quantitative estimate of drug-likeness (QED) is 0.142. The van der Waals surface area contributed by atoms with Crippen molar-refractivity contribution in [3.8, 4) is 28.9 Å². The Balaban J connectivity index is 1.49. The summed E-state index contributed by atoms with van der Waals surface area (Å²) in [7, 11) is 1.42. The van der Waals surface area contributed by atoms with Crippen LogP contribution in [0.5, 0.6) is 17.6 Å². The molecule has 0 N–H and O–H groups in total. The molecule has 0 radical (unpaired) electrons. The van der Waals surface area contributed by atoms with E-state index in [4.69, 9.17) is 18.9 Å². The van der Waals surface area contributed by atoms with Gasteiger partial charge in [-0.2, -0.15) is 23.1 Å². The van der Waals surface area contributed by atoms with Crippen LogP contribution in [0.1, 0.15) is 24.8 Å². The average Bonchev–Trinajstić information content (AvgIpc) is 3.53. The fourth-order valence-corrected chi connectivity index (χ4v) is 6.21. The lowest BCUT2D eigenvalue weighted by Crippen LogP contribution is -2.43. The molecule has 2 aliphatic heterocycles. The molecule has 2 aromatic heterocycles. The molecule has 2 aliphatic rings. The number of pyridine rings is 1. The summed E-state index contributed by atoms with van der Waals surface area (Å²) in [6.45, 7) is 2.72. The third kappa shape index (κ3) is 5.96. The van der Waals surface area contributed by atoms with Crippen LogP contribution in [0.4, 0.5) is 26.3 Å². The summed E-state index contributed by atoms with van der Waals surface area (Å²) in [6, 6.07) is 5.31. The summed E-state index contributed by atoms with van der Waals surface area (Å²) in [5.74, 6) is -2.01. The Morgan fingerprint density at radius 1 is 1.13 bits per heavy atom. The van der Waals surface area contributed by atoms with Crippen molar-refractivity contribution in [2.75, 3.05) is 40.2 Å². The first-order valence-electron chi connectivity index (χ1n) is 14.1. The van der Waals surface area contributed by atoms with Gasteiger partial charge < -0.3 is 18.9 Å². The Bertz CT molecular complexity index is 1770. The molecule has 45 heavy (non-hydrogen) atoms. The molecular formula is C31H28F6N4O4. The minimum absolute atomic E-state index is 0.0529. The number of rotatable bonds is 10. The van der Waals surface area contributed by atoms with Gasteiger partial charge in [0.25, 0.3) is 0 Å². The fraction of sp³-hybridized carbons (Fsp3) is 0.387. The number of fused-ring (bicyclic) bond motifs is 3. The van der Waals surface area contributed by atoms with Gasteiger partial charge in [-0.05, 0) is 43.0 Å². The van der Waals surface area contributed by atoms with E-state index >= 15 is 4.39 Å². The van der Waals surface area contributed by atoms with E-state index in [1.807, 2.05) is 4.90 Å². The predicted molar refractivity (Wildman–Crippen MR) is 153 cm³/mol. The van der Waals surface area contributed by atoms with Gasteiger partial charge in [0.15, 0.2) is 19.2 Å². The Morgan fingerprint density at radius 2 is 1.96 bits per heavy atom. The summed E-state index contributed by atoms with van der Waals surface area (Å²) in [4.78, 5) is 14.4. The van der Waals surface area contributed by atoms with Crippen LogP contribution in [0.25, 0.3) is 39.0 Å². The van der Waals surface area contributed by atoms with Gasteiger partial charge >= 0.3 is 12.2 Å². The molecule has 0 spiro atoms. The maximum Gasteiger partial charge on any atom is 0.422 e. The van der Waals surface area contributed by atoms with Gasteiger partial charge in [0, 0.05) is 42.8 Å². The van der Waals surface area contributed by atoms with Crippen molar-refractivity contribution in [2.45, 2.75) is 37.1 Å². The number of alkyl halides is 4. The SMILES string of the molecule is C=Cc1c(F)ccc2cc(OCOC)cc(-c3ncc4c(OCC(F)(F)F)nc(OC[C@@]56CCCN5C[C@H](F)C6)nc4c3F)c12. The zero-order chi connectivity index (χ0) is 31.9. The van der Waals surface area contributed by atoms with Crippen LogP contribution in [0.2, 0.25) is 0 Å². The van der Waals surface area contributed by atoms with Crippen LogP contribution in [0.15, 0.2) is 37.0 Å². The lowest BCUT2D eigenvalue weighted by atomic mass is 9.95. The minimum atomic E-state index is -4.72. The number of halogens is 6. The molecule has 0 bridgehead atoms. The molecule has 4 aromatic rings. The molecule has 0 saturated carbocycles. The number of aromatic nitrogens is 3. The molecule has 2 atom stereocenters. The van der Waals surface area contributed by atoms with Crippen molar-refractivity contribution >= 4 is 27.8 Å². The van der Waals surface area contributed by atoms with Crippen LogP contribution in [-0.4, -0.2) is 77.9 Å². The molecule has 2 fully saturated rings. The van der Waals surface area contributed by atoms with Crippen LogP contribution in [-0.2, 0) is 4.74 Å². The number of methoxy groups -OCH3 is 1. The fourth-order valence-electron chi connectivity index (χ4n) is 6.21. The van der Waals surface area contributed by atoms with Crippen LogP contribution < -0.4 is 14.2 Å². The molecular weight excluding hydrogens is 606 g/mol. The third-order valence-corrected chi connectivity index (χ3v) is 8.11. The molecule has 8 nitrogen and oxygen atoms in total. The highest BCUT2D eigenvalue weighted by Crippen LogP contribution is 2.42. The number of hydrogen-bond donors (Lipinski definition) is 0. The number of benzene rings is 2. The monoisotopic (exact) mass is 634 g/mol. The molecule has 4 heterocycles. The van der Waals surface area contributed by atoms with E-state index in [1.54, 1.807) is 6.07 Å². The maximum atomic E-state index is 16.5. The third-order valence-electron chi connectivity index (χ3n) is 8.11. The van der Waals surface area contributed by atoms with Crippen LogP contribution >= 0.6 is 0 Å². The van der Waals surface area contributed by atoms with Crippen LogP contribution in [0.3, 0.4) is 0 Å². The summed E-state index contributed by atoms with van der Waals surface area (Å²) < 4.78 is 106. The molecule has 14 heteroatoms. The van der Waals surface area contributed by atoms with Gasteiger partial charge in [-0.3, -0.25) is 9.88 Å². The second-order valence-electron chi connectivity index (χ2n) is 11.0. The summed E-state index contributed by atoms with van der Waals surface area (Å²) >= 11 is 0. The smallest absolute Gasteiger partial charge is 0.422 e. The first-order chi connectivity index (χ1) is 21.5.